The second-order valence-electron chi connectivity index (χ2n) is 5.48. The van der Waals surface area contributed by atoms with Gasteiger partial charge in [-0.25, -0.2) is 0 Å². The minimum Gasteiger partial charge on any atom is -0.480 e. The zero-order valence-corrected chi connectivity index (χ0v) is 10.5. The van der Waals surface area contributed by atoms with E-state index in [2.05, 4.69) is 29.2 Å². The predicted molar refractivity (Wildman–Crippen MR) is 69.5 cm³/mol. The van der Waals surface area contributed by atoms with Gasteiger partial charge in [-0.2, -0.15) is 0 Å². The van der Waals surface area contributed by atoms with Crippen molar-refractivity contribution in [3.63, 3.8) is 0 Å². The van der Waals surface area contributed by atoms with E-state index in [1.807, 2.05) is 0 Å². The molecule has 0 unspecified atom stereocenters. The van der Waals surface area contributed by atoms with Crippen LogP contribution in [0.2, 0.25) is 0 Å². The molecular formula is C15H19NO2. The Kier molecular flexibility index (Phi) is 3.08. The highest BCUT2D eigenvalue weighted by molar-refractivity contribution is 5.73. The minimum atomic E-state index is -0.679. The molecule has 1 atom stereocenters. The van der Waals surface area contributed by atoms with Crippen molar-refractivity contribution in [2.45, 2.75) is 44.2 Å². The van der Waals surface area contributed by atoms with Gasteiger partial charge in [0.2, 0.25) is 0 Å². The van der Waals surface area contributed by atoms with E-state index in [0.29, 0.717) is 0 Å². The Labute approximate surface area is 107 Å². The van der Waals surface area contributed by atoms with E-state index in [-0.39, 0.29) is 6.04 Å². The van der Waals surface area contributed by atoms with Crippen LogP contribution in [-0.2, 0) is 11.3 Å². The number of carbonyl (C=O) groups is 1. The average Bonchev–Trinajstić information content (AvgIpc) is 3.10. The lowest BCUT2D eigenvalue weighted by Crippen LogP contribution is -2.35. The third kappa shape index (κ3) is 2.41. The second kappa shape index (κ2) is 4.73. The zero-order chi connectivity index (χ0) is 12.5. The number of benzene rings is 1. The third-order valence-corrected chi connectivity index (χ3v) is 4.06. The van der Waals surface area contributed by atoms with Crippen LogP contribution in [0.3, 0.4) is 0 Å². The first-order valence-electron chi connectivity index (χ1n) is 6.80. The van der Waals surface area contributed by atoms with Crippen LogP contribution < -0.4 is 0 Å². The largest absolute Gasteiger partial charge is 0.480 e. The SMILES string of the molecule is O=C(O)[C@H]1CCCN1Cc1ccc(C2CC2)cc1. The van der Waals surface area contributed by atoms with Gasteiger partial charge >= 0.3 is 5.97 Å². The van der Waals surface area contributed by atoms with E-state index in [4.69, 9.17) is 5.11 Å². The molecule has 0 amide bonds. The monoisotopic (exact) mass is 245 g/mol. The van der Waals surface area contributed by atoms with E-state index >= 15 is 0 Å². The highest BCUT2D eigenvalue weighted by Gasteiger charge is 2.30. The lowest BCUT2D eigenvalue weighted by molar-refractivity contribution is -0.142. The molecule has 3 rings (SSSR count). The first kappa shape index (κ1) is 11.7. The molecule has 1 aliphatic carbocycles. The summed E-state index contributed by atoms with van der Waals surface area (Å²) in [6.07, 6.45) is 4.44. The highest BCUT2D eigenvalue weighted by Crippen LogP contribution is 2.39. The molecule has 18 heavy (non-hydrogen) atoms. The van der Waals surface area contributed by atoms with Crippen LogP contribution in [0.15, 0.2) is 24.3 Å². The fraction of sp³-hybridized carbons (Fsp3) is 0.533. The summed E-state index contributed by atoms with van der Waals surface area (Å²) in [4.78, 5) is 13.2. The topological polar surface area (TPSA) is 40.5 Å². The Morgan fingerprint density at radius 2 is 1.94 bits per heavy atom. The first-order chi connectivity index (χ1) is 8.74. The molecule has 96 valence electrons. The maximum Gasteiger partial charge on any atom is 0.320 e. The van der Waals surface area contributed by atoms with Gasteiger partial charge in [-0.05, 0) is 49.3 Å². The van der Waals surface area contributed by atoms with Gasteiger partial charge in [0.05, 0.1) is 0 Å². The molecule has 0 aromatic heterocycles. The summed E-state index contributed by atoms with van der Waals surface area (Å²) in [5.74, 6) is 0.111. The van der Waals surface area contributed by atoms with Crippen LogP contribution >= 0.6 is 0 Å². The van der Waals surface area contributed by atoms with E-state index in [0.717, 1.165) is 31.8 Å². The Morgan fingerprint density at radius 3 is 2.56 bits per heavy atom. The molecule has 2 aliphatic rings. The molecule has 3 heteroatoms. The van der Waals surface area contributed by atoms with Crippen molar-refractivity contribution in [3.8, 4) is 0 Å². The lowest BCUT2D eigenvalue weighted by Gasteiger charge is -2.21. The van der Waals surface area contributed by atoms with Gasteiger partial charge in [-0.3, -0.25) is 9.69 Å². The van der Waals surface area contributed by atoms with Crippen LogP contribution in [0.5, 0.6) is 0 Å². The van der Waals surface area contributed by atoms with E-state index in [9.17, 15) is 4.79 Å². The molecular weight excluding hydrogens is 226 g/mol. The molecule has 3 nitrogen and oxygen atoms in total. The van der Waals surface area contributed by atoms with Crippen LogP contribution in [0, 0.1) is 0 Å². The van der Waals surface area contributed by atoms with Crippen molar-refractivity contribution in [1.29, 1.82) is 0 Å². The number of likely N-dealkylation sites (tertiary alicyclic amines) is 1. The average molecular weight is 245 g/mol. The maximum atomic E-state index is 11.1. The number of rotatable bonds is 4. The smallest absolute Gasteiger partial charge is 0.320 e. The molecule has 0 spiro atoms. The molecule has 0 bridgehead atoms. The molecule has 1 saturated carbocycles. The number of hydrogen-bond acceptors (Lipinski definition) is 2. The number of nitrogens with zero attached hydrogens (tertiary/aromatic N) is 1. The fourth-order valence-corrected chi connectivity index (χ4v) is 2.84. The molecule has 1 saturated heterocycles. The Hall–Kier alpha value is -1.35. The first-order valence-corrected chi connectivity index (χ1v) is 6.80. The Bertz CT molecular complexity index is 436. The third-order valence-electron chi connectivity index (χ3n) is 4.06. The summed E-state index contributed by atoms with van der Waals surface area (Å²) < 4.78 is 0. The maximum absolute atomic E-state index is 11.1. The summed E-state index contributed by atoms with van der Waals surface area (Å²) in [5.41, 5.74) is 2.67. The zero-order valence-electron chi connectivity index (χ0n) is 10.5. The van der Waals surface area contributed by atoms with Crippen molar-refractivity contribution in [3.05, 3.63) is 35.4 Å². The van der Waals surface area contributed by atoms with Gasteiger partial charge < -0.3 is 5.11 Å². The molecule has 1 aromatic rings. The molecule has 2 fully saturated rings. The second-order valence-corrected chi connectivity index (χ2v) is 5.48. The summed E-state index contributed by atoms with van der Waals surface area (Å²) >= 11 is 0. The normalized spacial score (nSPS) is 24.3. The van der Waals surface area contributed by atoms with Crippen LogP contribution in [0.25, 0.3) is 0 Å². The molecule has 1 N–H and O–H groups in total. The van der Waals surface area contributed by atoms with Crippen molar-refractivity contribution in [2.75, 3.05) is 6.54 Å². The van der Waals surface area contributed by atoms with Gasteiger partial charge in [-0.1, -0.05) is 24.3 Å². The van der Waals surface area contributed by atoms with Crippen molar-refractivity contribution >= 4 is 5.97 Å². The minimum absolute atomic E-state index is 0.284. The lowest BCUT2D eigenvalue weighted by atomic mass is 10.1. The molecule has 0 radical (unpaired) electrons. The quantitative estimate of drug-likeness (QED) is 0.886. The molecule has 1 heterocycles. The predicted octanol–water partition coefficient (Wildman–Crippen LogP) is 2.61. The van der Waals surface area contributed by atoms with Crippen molar-refractivity contribution in [2.24, 2.45) is 0 Å². The van der Waals surface area contributed by atoms with Gasteiger partial charge in [0.15, 0.2) is 0 Å². The van der Waals surface area contributed by atoms with Crippen molar-refractivity contribution < 1.29 is 9.90 Å². The van der Waals surface area contributed by atoms with Gasteiger partial charge in [0, 0.05) is 6.54 Å². The van der Waals surface area contributed by atoms with E-state index in [1.54, 1.807) is 0 Å². The summed E-state index contributed by atoms with van der Waals surface area (Å²) in [7, 11) is 0. The van der Waals surface area contributed by atoms with E-state index in [1.165, 1.54) is 24.0 Å². The number of carboxylic acid groups (broad SMARTS) is 1. The fourth-order valence-electron chi connectivity index (χ4n) is 2.84. The van der Waals surface area contributed by atoms with E-state index < -0.39 is 5.97 Å². The van der Waals surface area contributed by atoms with Gasteiger partial charge in [0.1, 0.15) is 6.04 Å². The van der Waals surface area contributed by atoms with Crippen molar-refractivity contribution in [1.82, 2.24) is 4.90 Å². The number of aliphatic carboxylic acids is 1. The summed E-state index contributed by atoms with van der Waals surface area (Å²) in [5, 5.41) is 9.15. The summed E-state index contributed by atoms with van der Waals surface area (Å²) in [6.45, 7) is 1.67. The van der Waals surface area contributed by atoms with Gasteiger partial charge in [0.25, 0.3) is 0 Å². The number of hydrogen-bond donors (Lipinski definition) is 1. The standard InChI is InChI=1S/C15H19NO2/c17-15(18)14-2-1-9-16(14)10-11-3-5-12(6-4-11)13-7-8-13/h3-6,13-14H,1-2,7-10H2,(H,17,18)/t14-/m1/s1. The molecule has 1 aromatic carbocycles. The highest BCUT2D eigenvalue weighted by atomic mass is 16.4. The van der Waals surface area contributed by atoms with Gasteiger partial charge in [-0.15, -0.1) is 0 Å². The Balaban J connectivity index is 1.66. The van der Waals surface area contributed by atoms with Crippen LogP contribution in [0.1, 0.15) is 42.7 Å². The summed E-state index contributed by atoms with van der Waals surface area (Å²) in [6, 6.07) is 8.45. The molecule has 1 aliphatic heterocycles. The Morgan fingerprint density at radius 1 is 1.22 bits per heavy atom. The van der Waals surface area contributed by atoms with Crippen LogP contribution in [0.4, 0.5) is 0 Å². The number of carboxylic acids is 1. The van der Waals surface area contributed by atoms with Crippen LogP contribution in [-0.4, -0.2) is 28.6 Å².